The molecule has 0 aliphatic carbocycles. The van der Waals surface area contributed by atoms with Gasteiger partial charge in [0.15, 0.2) is 0 Å². The summed E-state index contributed by atoms with van der Waals surface area (Å²) in [6, 6.07) is 10.4. The summed E-state index contributed by atoms with van der Waals surface area (Å²) in [5, 5.41) is 3.34. The topological polar surface area (TPSA) is 28.2 Å². The van der Waals surface area contributed by atoms with Crippen molar-refractivity contribution in [1.29, 1.82) is 0 Å². The summed E-state index contributed by atoms with van der Waals surface area (Å²) < 4.78 is 1.01. The van der Waals surface area contributed by atoms with Gasteiger partial charge in [-0.15, -0.1) is 0 Å². The molecule has 0 unspecified atom stereocenters. The van der Waals surface area contributed by atoms with E-state index >= 15 is 0 Å². The normalized spacial score (nSPS) is 10.4. The number of aryl methyl sites for hydroxylation is 1. The van der Waals surface area contributed by atoms with Gasteiger partial charge in [0.05, 0.1) is 4.47 Å². The smallest absolute Gasteiger partial charge is 0.144 e. The predicted octanol–water partition coefficient (Wildman–Crippen LogP) is 4.74. The standard InChI is InChI=1S/C16H20BrN3/c1-4-20(5-2)14-8-6-13(7-9-14)19-16-15(17)12(3)10-11-18-16/h6-11H,4-5H2,1-3H3,(H,18,19). The average molecular weight is 334 g/mol. The minimum absolute atomic E-state index is 0.848. The van der Waals surface area contributed by atoms with Crippen LogP contribution in [0.1, 0.15) is 19.4 Å². The highest BCUT2D eigenvalue weighted by Crippen LogP contribution is 2.27. The number of halogens is 1. The van der Waals surface area contributed by atoms with E-state index in [2.05, 4.69) is 76.2 Å². The Morgan fingerprint density at radius 1 is 1.10 bits per heavy atom. The fourth-order valence-electron chi connectivity index (χ4n) is 2.11. The van der Waals surface area contributed by atoms with Crippen LogP contribution in [0.4, 0.5) is 17.2 Å². The van der Waals surface area contributed by atoms with Gasteiger partial charge in [0, 0.05) is 30.7 Å². The van der Waals surface area contributed by atoms with Crippen LogP contribution in [-0.4, -0.2) is 18.1 Å². The molecule has 1 N–H and O–H groups in total. The molecular weight excluding hydrogens is 314 g/mol. The van der Waals surface area contributed by atoms with Gasteiger partial charge in [-0.05, 0) is 72.6 Å². The number of hydrogen-bond donors (Lipinski definition) is 1. The van der Waals surface area contributed by atoms with Crippen LogP contribution < -0.4 is 10.2 Å². The van der Waals surface area contributed by atoms with Gasteiger partial charge in [-0.1, -0.05) is 0 Å². The van der Waals surface area contributed by atoms with Crippen molar-refractivity contribution < 1.29 is 0 Å². The lowest BCUT2D eigenvalue weighted by atomic mass is 10.2. The SMILES string of the molecule is CCN(CC)c1ccc(Nc2nccc(C)c2Br)cc1. The maximum Gasteiger partial charge on any atom is 0.144 e. The zero-order valence-electron chi connectivity index (χ0n) is 12.2. The molecule has 0 saturated heterocycles. The second-order valence-electron chi connectivity index (χ2n) is 4.63. The molecular formula is C16H20BrN3. The van der Waals surface area contributed by atoms with E-state index in [0.717, 1.165) is 29.1 Å². The van der Waals surface area contributed by atoms with Gasteiger partial charge >= 0.3 is 0 Å². The van der Waals surface area contributed by atoms with Crippen LogP contribution in [-0.2, 0) is 0 Å². The quantitative estimate of drug-likeness (QED) is 0.856. The first-order chi connectivity index (χ1) is 9.65. The zero-order valence-corrected chi connectivity index (χ0v) is 13.7. The van der Waals surface area contributed by atoms with E-state index < -0.39 is 0 Å². The lowest BCUT2D eigenvalue weighted by Gasteiger charge is -2.21. The predicted molar refractivity (Wildman–Crippen MR) is 90.0 cm³/mol. The van der Waals surface area contributed by atoms with Crippen LogP contribution in [0, 0.1) is 6.92 Å². The molecule has 0 bridgehead atoms. The summed E-state index contributed by atoms with van der Waals surface area (Å²) in [5.41, 5.74) is 3.46. The Morgan fingerprint density at radius 3 is 2.35 bits per heavy atom. The molecule has 2 rings (SSSR count). The summed E-state index contributed by atoms with van der Waals surface area (Å²) in [5.74, 6) is 0.848. The molecule has 1 aromatic carbocycles. The number of rotatable bonds is 5. The van der Waals surface area contributed by atoms with Crippen LogP contribution in [0.3, 0.4) is 0 Å². The number of pyridine rings is 1. The molecule has 1 aromatic heterocycles. The van der Waals surface area contributed by atoms with Gasteiger partial charge in [-0.3, -0.25) is 0 Å². The summed E-state index contributed by atoms with van der Waals surface area (Å²) in [7, 11) is 0. The van der Waals surface area contributed by atoms with E-state index in [4.69, 9.17) is 0 Å². The molecule has 1 heterocycles. The first kappa shape index (κ1) is 14.9. The largest absolute Gasteiger partial charge is 0.372 e. The molecule has 20 heavy (non-hydrogen) atoms. The van der Waals surface area contributed by atoms with Crippen LogP contribution in [0.2, 0.25) is 0 Å². The molecule has 0 saturated carbocycles. The second kappa shape index (κ2) is 6.75. The summed E-state index contributed by atoms with van der Waals surface area (Å²) in [6.07, 6.45) is 1.81. The van der Waals surface area contributed by atoms with E-state index in [1.54, 1.807) is 0 Å². The maximum absolute atomic E-state index is 4.36. The first-order valence-electron chi connectivity index (χ1n) is 6.88. The van der Waals surface area contributed by atoms with Crippen molar-refractivity contribution in [3.63, 3.8) is 0 Å². The molecule has 3 nitrogen and oxygen atoms in total. The highest BCUT2D eigenvalue weighted by atomic mass is 79.9. The third-order valence-corrected chi connectivity index (χ3v) is 4.34. The summed E-state index contributed by atoms with van der Waals surface area (Å²) >= 11 is 3.56. The van der Waals surface area contributed by atoms with Gasteiger partial charge < -0.3 is 10.2 Å². The molecule has 0 spiro atoms. The first-order valence-corrected chi connectivity index (χ1v) is 7.68. The third kappa shape index (κ3) is 3.31. The van der Waals surface area contributed by atoms with E-state index in [0.29, 0.717) is 0 Å². The van der Waals surface area contributed by atoms with E-state index in [9.17, 15) is 0 Å². The lowest BCUT2D eigenvalue weighted by molar-refractivity contribution is 0.866. The average Bonchev–Trinajstić information content (AvgIpc) is 2.47. The molecule has 0 atom stereocenters. The third-order valence-electron chi connectivity index (χ3n) is 3.34. The molecule has 0 aliphatic rings. The highest BCUT2D eigenvalue weighted by Gasteiger charge is 2.05. The number of anilines is 3. The van der Waals surface area contributed by atoms with Gasteiger partial charge in [0.2, 0.25) is 0 Å². The maximum atomic E-state index is 4.36. The fourth-order valence-corrected chi connectivity index (χ4v) is 2.44. The van der Waals surface area contributed by atoms with Crippen molar-refractivity contribution in [2.75, 3.05) is 23.3 Å². The van der Waals surface area contributed by atoms with Crippen LogP contribution in [0.15, 0.2) is 41.0 Å². The minimum Gasteiger partial charge on any atom is -0.372 e. The van der Waals surface area contributed by atoms with E-state index in [-0.39, 0.29) is 0 Å². The van der Waals surface area contributed by atoms with E-state index in [1.165, 1.54) is 11.3 Å². The Hall–Kier alpha value is -1.55. The van der Waals surface area contributed by atoms with Crippen molar-refractivity contribution in [2.45, 2.75) is 20.8 Å². The van der Waals surface area contributed by atoms with Gasteiger partial charge in [0.25, 0.3) is 0 Å². The molecule has 4 heteroatoms. The lowest BCUT2D eigenvalue weighted by Crippen LogP contribution is -2.21. The Kier molecular flexibility index (Phi) is 5.01. The number of benzene rings is 1. The number of nitrogens with one attached hydrogen (secondary N) is 1. The Labute approximate surface area is 129 Å². The molecule has 2 aromatic rings. The van der Waals surface area contributed by atoms with Gasteiger partial charge in [-0.2, -0.15) is 0 Å². The number of aromatic nitrogens is 1. The zero-order chi connectivity index (χ0) is 14.5. The monoisotopic (exact) mass is 333 g/mol. The second-order valence-corrected chi connectivity index (χ2v) is 5.43. The van der Waals surface area contributed by atoms with Crippen LogP contribution in [0.5, 0.6) is 0 Å². The summed E-state index contributed by atoms with van der Waals surface area (Å²) in [6.45, 7) is 8.44. The van der Waals surface area contributed by atoms with E-state index in [1.807, 2.05) is 12.3 Å². The molecule has 0 fully saturated rings. The molecule has 0 amide bonds. The number of nitrogens with zero attached hydrogens (tertiary/aromatic N) is 2. The summed E-state index contributed by atoms with van der Waals surface area (Å²) in [4.78, 5) is 6.68. The van der Waals surface area contributed by atoms with Crippen LogP contribution in [0.25, 0.3) is 0 Å². The Balaban J connectivity index is 2.17. The van der Waals surface area contributed by atoms with Crippen LogP contribution >= 0.6 is 15.9 Å². The highest BCUT2D eigenvalue weighted by molar-refractivity contribution is 9.10. The number of hydrogen-bond acceptors (Lipinski definition) is 3. The van der Waals surface area contributed by atoms with Crippen molar-refractivity contribution in [3.8, 4) is 0 Å². The fraction of sp³-hybridized carbons (Fsp3) is 0.312. The van der Waals surface area contributed by atoms with Crippen molar-refractivity contribution >= 4 is 33.1 Å². The Bertz CT molecular complexity index is 562. The Morgan fingerprint density at radius 2 is 1.75 bits per heavy atom. The minimum atomic E-state index is 0.848. The van der Waals surface area contributed by atoms with Crippen molar-refractivity contribution in [3.05, 3.63) is 46.6 Å². The van der Waals surface area contributed by atoms with Gasteiger partial charge in [0.1, 0.15) is 5.82 Å². The van der Waals surface area contributed by atoms with Crippen molar-refractivity contribution in [2.24, 2.45) is 0 Å². The molecule has 0 aliphatic heterocycles. The van der Waals surface area contributed by atoms with Gasteiger partial charge in [-0.25, -0.2) is 4.98 Å². The van der Waals surface area contributed by atoms with Crippen molar-refractivity contribution in [1.82, 2.24) is 4.98 Å². The molecule has 106 valence electrons. The molecule has 0 radical (unpaired) electrons.